The van der Waals surface area contributed by atoms with E-state index >= 15 is 0 Å². The molecule has 1 aliphatic carbocycles. The second-order valence-electron chi connectivity index (χ2n) is 12.6. The van der Waals surface area contributed by atoms with Gasteiger partial charge in [0, 0.05) is 39.2 Å². The highest BCUT2D eigenvalue weighted by Gasteiger charge is 2.33. The van der Waals surface area contributed by atoms with Crippen molar-refractivity contribution in [3.63, 3.8) is 0 Å². The molecule has 2 heterocycles. The molecular formula is C45H35N5. The highest BCUT2D eigenvalue weighted by atomic mass is 15.2. The van der Waals surface area contributed by atoms with Gasteiger partial charge in [-0.25, -0.2) is 15.0 Å². The maximum Gasteiger partial charge on any atom is 0.164 e. The Morgan fingerprint density at radius 3 is 1.90 bits per heavy atom. The molecule has 0 amide bonds. The Hall–Kier alpha value is -6.38. The molecule has 240 valence electrons. The number of rotatable bonds is 7. The van der Waals surface area contributed by atoms with Gasteiger partial charge in [-0.1, -0.05) is 135 Å². The smallest absolute Gasteiger partial charge is 0.164 e. The van der Waals surface area contributed by atoms with Gasteiger partial charge in [0.1, 0.15) is 0 Å². The maximum absolute atomic E-state index is 10.6. The molecular weight excluding hydrogens is 611 g/mol. The standard InChI is InChI=1S/C45H35N5/c1-3-40-30(2)35-20-12-14-24-41(35)50(40)42-25-15-13-21-37(42)33-26-27-36(34(28-33)29-46)38-22-10-11-23-39(38)45-48-43(31-16-6-4-7-17-31)47-44(49-45)32-18-8-5-9-19-32/h4-10,12-22,24-28,40H,2-3,11,23H2,1H3/t40-/m1/s1. The van der Waals surface area contributed by atoms with Crippen LogP contribution in [0, 0.1) is 11.3 Å². The Morgan fingerprint density at radius 1 is 0.680 bits per heavy atom. The average molecular weight is 646 g/mol. The molecule has 0 N–H and O–H groups in total. The van der Waals surface area contributed by atoms with Gasteiger partial charge in [-0.05, 0) is 59.7 Å². The van der Waals surface area contributed by atoms with Crippen LogP contribution in [-0.2, 0) is 0 Å². The van der Waals surface area contributed by atoms with Gasteiger partial charge in [0.05, 0.1) is 17.7 Å². The van der Waals surface area contributed by atoms with Gasteiger partial charge in [-0.3, -0.25) is 0 Å². The van der Waals surface area contributed by atoms with Crippen LogP contribution in [0.25, 0.3) is 50.6 Å². The van der Waals surface area contributed by atoms with Crippen molar-refractivity contribution in [2.45, 2.75) is 32.2 Å². The Kier molecular flexibility index (Phi) is 8.20. The molecule has 5 nitrogen and oxygen atoms in total. The average Bonchev–Trinajstić information content (AvgIpc) is 3.49. The van der Waals surface area contributed by atoms with Crippen molar-refractivity contribution in [2.24, 2.45) is 0 Å². The summed E-state index contributed by atoms with van der Waals surface area (Å²) in [4.78, 5) is 17.4. The Morgan fingerprint density at radius 2 is 1.26 bits per heavy atom. The molecule has 0 spiro atoms. The van der Waals surface area contributed by atoms with Gasteiger partial charge in [0.15, 0.2) is 17.5 Å². The molecule has 0 fully saturated rings. The number of hydrogen-bond acceptors (Lipinski definition) is 5. The van der Waals surface area contributed by atoms with Crippen molar-refractivity contribution < 1.29 is 0 Å². The van der Waals surface area contributed by atoms with E-state index in [1.807, 2.05) is 66.7 Å². The summed E-state index contributed by atoms with van der Waals surface area (Å²) < 4.78 is 0. The van der Waals surface area contributed by atoms with Gasteiger partial charge in [-0.2, -0.15) is 5.26 Å². The number of benzene rings is 5. The minimum absolute atomic E-state index is 0.158. The monoisotopic (exact) mass is 645 g/mol. The number of para-hydroxylation sites is 2. The molecule has 1 atom stereocenters. The lowest BCUT2D eigenvalue weighted by Gasteiger charge is -2.29. The SMILES string of the molecule is C=C1c2ccccc2N(c2ccccc2-c2ccc(C3=C(c4nc(-c5ccccc5)nc(-c5ccccc5)n4)CCC=C3)c(C#N)c2)[C@@H]1CC. The summed E-state index contributed by atoms with van der Waals surface area (Å²) >= 11 is 0. The summed E-state index contributed by atoms with van der Waals surface area (Å²) in [5, 5.41) is 10.6. The van der Waals surface area contributed by atoms with Crippen LogP contribution in [0.5, 0.6) is 0 Å². The molecule has 6 aromatic rings. The summed E-state index contributed by atoms with van der Waals surface area (Å²) in [6.45, 7) is 6.69. The zero-order valence-corrected chi connectivity index (χ0v) is 27.9. The molecule has 0 saturated heterocycles. The Bertz CT molecular complexity index is 2290. The van der Waals surface area contributed by atoms with Crippen molar-refractivity contribution in [1.82, 2.24) is 15.0 Å². The van der Waals surface area contributed by atoms with E-state index in [0.717, 1.165) is 75.2 Å². The van der Waals surface area contributed by atoms with Crippen LogP contribution in [0.1, 0.15) is 48.7 Å². The first-order valence-electron chi connectivity index (χ1n) is 17.1. The molecule has 0 saturated carbocycles. The maximum atomic E-state index is 10.6. The zero-order valence-electron chi connectivity index (χ0n) is 27.9. The van der Waals surface area contributed by atoms with E-state index in [2.05, 4.69) is 97.3 Å². The van der Waals surface area contributed by atoms with E-state index < -0.39 is 0 Å². The topological polar surface area (TPSA) is 65.7 Å². The zero-order chi connectivity index (χ0) is 34.0. The number of anilines is 2. The van der Waals surface area contributed by atoms with E-state index in [0.29, 0.717) is 23.0 Å². The van der Waals surface area contributed by atoms with Crippen molar-refractivity contribution in [2.75, 3.05) is 4.90 Å². The molecule has 8 rings (SSSR count). The minimum Gasteiger partial charge on any atom is -0.333 e. The minimum atomic E-state index is 0.158. The van der Waals surface area contributed by atoms with Crippen LogP contribution in [-0.4, -0.2) is 21.0 Å². The third-order valence-corrected chi connectivity index (χ3v) is 9.65. The normalized spacial score (nSPS) is 15.2. The number of allylic oxidation sites excluding steroid dienone is 4. The van der Waals surface area contributed by atoms with Crippen LogP contribution >= 0.6 is 0 Å². The Labute approximate surface area is 293 Å². The lowest BCUT2D eigenvalue weighted by Crippen LogP contribution is -2.26. The van der Waals surface area contributed by atoms with Crippen LogP contribution in [0.15, 0.2) is 146 Å². The van der Waals surface area contributed by atoms with E-state index in [1.54, 1.807) is 0 Å². The first kappa shape index (κ1) is 30.9. The first-order chi connectivity index (χ1) is 24.6. The summed E-state index contributed by atoms with van der Waals surface area (Å²) in [5.74, 6) is 1.88. The van der Waals surface area contributed by atoms with Gasteiger partial charge in [0.2, 0.25) is 0 Å². The van der Waals surface area contributed by atoms with E-state index in [4.69, 9.17) is 15.0 Å². The fraction of sp³-hybridized carbons (Fsp3) is 0.111. The molecule has 5 heteroatoms. The second-order valence-corrected chi connectivity index (χ2v) is 12.6. The highest BCUT2D eigenvalue weighted by molar-refractivity contribution is 5.98. The van der Waals surface area contributed by atoms with Crippen LogP contribution in [0.3, 0.4) is 0 Å². The number of fused-ring (bicyclic) bond motifs is 1. The number of nitriles is 1. The van der Waals surface area contributed by atoms with Crippen LogP contribution < -0.4 is 4.90 Å². The third-order valence-electron chi connectivity index (χ3n) is 9.65. The van der Waals surface area contributed by atoms with Crippen molar-refractivity contribution >= 4 is 28.1 Å². The van der Waals surface area contributed by atoms with Gasteiger partial charge in [0.25, 0.3) is 0 Å². The molecule has 0 radical (unpaired) electrons. The van der Waals surface area contributed by atoms with E-state index in [1.165, 1.54) is 5.56 Å². The van der Waals surface area contributed by atoms with Gasteiger partial charge < -0.3 is 4.90 Å². The summed E-state index contributed by atoms with van der Waals surface area (Å²) in [5.41, 5.74) is 12.0. The molecule has 1 aliphatic heterocycles. The second kappa shape index (κ2) is 13.3. The lowest BCUT2D eigenvalue weighted by atomic mass is 9.87. The summed E-state index contributed by atoms with van der Waals surface area (Å²) in [6, 6.07) is 46.0. The number of hydrogen-bond donors (Lipinski definition) is 0. The highest BCUT2D eigenvalue weighted by Crippen LogP contribution is 2.48. The number of aromatic nitrogens is 3. The van der Waals surface area contributed by atoms with Crippen LogP contribution in [0.4, 0.5) is 11.4 Å². The van der Waals surface area contributed by atoms with Crippen molar-refractivity contribution in [3.8, 4) is 40.0 Å². The molecule has 50 heavy (non-hydrogen) atoms. The molecule has 1 aromatic heterocycles. The van der Waals surface area contributed by atoms with Gasteiger partial charge in [-0.15, -0.1) is 0 Å². The third kappa shape index (κ3) is 5.51. The van der Waals surface area contributed by atoms with Gasteiger partial charge >= 0.3 is 0 Å². The number of nitrogens with zero attached hydrogens (tertiary/aromatic N) is 5. The summed E-state index contributed by atoms with van der Waals surface area (Å²) in [7, 11) is 0. The quantitative estimate of drug-likeness (QED) is 0.173. The largest absolute Gasteiger partial charge is 0.333 e. The fourth-order valence-corrected chi connectivity index (χ4v) is 7.24. The molecule has 5 aromatic carbocycles. The Balaban J connectivity index is 1.25. The lowest BCUT2D eigenvalue weighted by molar-refractivity contribution is 0.789. The fourth-order valence-electron chi connectivity index (χ4n) is 7.24. The molecule has 0 unspecified atom stereocenters. The first-order valence-corrected chi connectivity index (χ1v) is 17.1. The molecule has 0 bridgehead atoms. The predicted octanol–water partition coefficient (Wildman–Crippen LogP) is 10.9. The van der Waals surface area contributed by atoms with E-state index in [-0.39, 0.29) is 6.04 Å². The van der Waals surface area contributed by atoms with Crippen LogP contribution in [0.2, 0.25) is 0 Å². The molecule has 2 aliphatic rings. The van der Waals surface area contributed by atoms with E-state index in [9.17, 15) is 5.26 Å². The van der Waals surface area contributed by atoms with Crippen molar-refractivity contribution in [3.05, 3.63) is 169 Å². The van der Waals surface area contributed by atoms with Crippen molar-refractivity contribution in [1.29, 1.82) is 5.26 Å². The summed E-state index contributed by atoms with van der Waals surface area (Å²) in [6.07, 6.45) is 6.84. The predicted molar refractivity (Wildman–Crippen MR) is 204 cm³/mol.